The number of rotatable bonds is 3. The second kappa shape index (κ2) is 4.92. The molecule has 0 saturated carbocycles. The molecule has 0 fully saturated rings. The zero-order valence-corrected chi connectivity index (χ0v) is 11.9. The molecule has 0 radical (unpaired) electrons. The van der Waals surface area contributed by atoms with Gasteiger partial charge in [0.05, 0.1) is 11.8 Å². The maximum absolute atomic E-state index is 11.6. The summed E-state index contributed by atoms with van der Waals surface area (Å²) in [6.07, 6.45) is 3.27. The van der Waals surface area contributed by atoms with E-state index in [9.17, 15) is 4.79 Å². The summed E-state index contributed by atoms with van der Waals surface area (Å²) < 4.78 is 2.31. The molecule has 0 aliphatic rings. The van der Waals surface area contributed by atoms with Gasteiger partial charge in [-0.3, -0.25) is 9.20 Å². The van der Waals surface area contributed by atoms with Gasteiger partial charge in [0.25, 0.3) is 0 Å². The Morgan fingerprint density at radius 1 is 1.65 bits per heavy atom. The van der Waals surface area contributed by atoms with Crippen molar-refractivity contribution in [3.8, 4) is 0 Å². The van der Waals surface area contributed by atoms with Gasteiger partial charge in [-0.2, -0.15) is 0 Å². The number of ketones is 1. The number of nitrogens with zero attached hydrogens (tertiary/aromatic N) is 3. The summed E-state index contributed by atoms with van der Waals surface area (Å²) in [7, 11) is 0. The van der Waals surface area contributed by atoms with Gasteiger partial charge in [-0.25, -0.2) is 9.97 Å². The van der Waals surface area contributed by atoms with Gasteiger partial charge in [0, 0.05) is 12.4 Å². The van der Waals surface area contributed by atoms with Crippen LogP contribution in [0.15, 0.2) is 17.0 Å². The predicted molar refractivity (Wildman–Crippen MR) is 69.8 cm³/mol. The number of imidazole rings is 1. The molecule has 1 unspecified atom stereocenters. The van der Waals surface area contributed by atoms with E-state index < -0.39 is 0 Å². The minimum absolute atomic E-state index is 0.0352. The Kier molecular flexibility index (Phi) is 3.70. The highest BCUT2D eigenvalue weighted by atomic mass is 79.9. The van der Waals surface area contributed by atoms with Gasteiger partial charge in [-0.05, 0) is 22.9 Å². The minimum Gasteiger partial charge on any atom is -0.298 e. The molecular weight excluding hydrogens is 329 g/mol. The van der Waals surface area contributed by atoms with Gasteiger partial charge >= 0.3 is 0 Å². The zero-order chi connectivity index (χ0) is 12.6. The van der Waals surface area contributed by atoms with E-state index in [-0.39, 0.29) is 17.6 Å². The third-order valence-electron chi connectivity index (χ3n) is 2.50. The van der Waals surface area contributed by atoms with Gasteiger partial charge in [0.15, 0.2) is 10.9 Å². The summed E-state index contributed by atoms with van der Waals surface area (Å²) in [5, 5.41) is 0.337. The lowest BCUT2D eigenvalue weighted by atomic mass is 10.1. The standard InChI is InChI=1S/C10H8BrCl2N3O/c1-5(6(17)4-12)10-15-8(11)7-9(13)14-2-3-16(7)10/h2-3,5H,4H2,1H3. The van der Waals surface area contributed by atoms with Crippen molar-refractivity contribution < 1.29 is 4.79 Å². The Bertz CT molecular complexity index is 584. The predicted octanol–water partition coefficient (Wildman–Crippen LogP) is 3.06. The quantitative estimate of drug-likeness (QED) is 0.809. The molecule has 2 aromatic rings. The molecule has 2 aromatic heterocycles. The number of alkyl halides is 1. The lowest BCUT2D eigenvalue weighted by Crippen LogP contribution is -2.13. The van der Waals surface area contributed by atoms with Crippen LogP contribution in [0.2, 0.25) is 5.15 Å². The summed E-state index contributed by atoms with van der Waals surface area (Å²) in [6, 6.07) is 0. The Balaban J connectivity index is 2.64. The van der Waals surface area contributed by atoms with Crippen LogP contribution in [0.1, 0.15) is 18.7 Å². The van der Waals surface area contributed by atoms with Gasteiger partial charge in [0.1, 0.15) is 15.9 Å². The molecule has 0 aromatic carbocycles. The first-order valence-corrected chi connectivity index (χ1v) is 6.53. The second-order valence-corrected chi connectivity index (χ2v) is 4.90. The number of carbonyl (C=O) groups is 1. The van der Waals surface area contributed by atoms with Crippen LogP contribution in [-0.4, -0.2) is 26.0 Å². The van der Waals surface area contributed by atoms with Gasteiger partial charge in [-0.1, -0.05) is 11.6 Å². The summed E-state index contributed by atoms with van der Waals surface area (Å²) in [4.78, 5) is 19.9. The molecule has 17 heavy (non-hydrogen) atoms. The maximum Gasteiger partial charge on any atom is 0.157 e. The minimum atomic E-state index is -0.384. The number of aromatic nitrogens is 3. The van der Waals surface area contributed by atoms with E-state index in [1.54, 1.807) is 23.7 Å². The van der Waals surface area contributed by atoms with Gasteiger partial charge in [-0.15, -0.1) is 11.6 Å². The average Bonchev–Trinajstić information content (AvgIpc) is 2.66. The molecule has 0 amide bonds. The Hall–Kier alpha value is -0.650. The van der Waals surface area contributed by atoms with E-state index in [2.05, 4.69) is 25.9 Å². The number of hydrogen-bond donors (Lipinski definition) is 0. The van der Waals surface area contributed by atoms with E-state index >= 15 is 0 Å². The molecule has 0 aliphatic carbocycles. The SMILES string of the molecule is CC(C(=O)CCl)c1nc(Br)c2c(Cl)nccn12. The number of carbonyl (C=O) groups excluding carboxylic acids is 1. The lowest BCUT2D eigenvalue weighted by molar-refractivity contribution is -0.117. The largest absolute Gasteiger partial charge is 0.298 e. The highest BCUT2D eigenvalue weighted by Crippen LogP contribution is 2.28. The van der Waals surface area contributed by atoms with Crippen LogP contribution in [0, 0.1) is 0 Å². The molecule has 0 bridgehead atoms. The van der Waals surface area contributed by atoms with E-state index in [4.69, 9.17) is 23.2 Å². The molecule has 0 saturated heterocycles. The first kappa shape index (κ1) is 12.8. The molecule has 0 aliphatic heterocycles. The van der Waals surface area contributed by atoms with Crippen molar-refractivity contribution in [2.45, 2.75) is 12.8 Å². The number of fused-ring (bicyclic) bond motifs is 1. The van der Waals surface area contributed by atoms with Crippen molar-refractivity contribution in [1.29, 1.82) is 0 Å². The van der Waals surface area contributed by atoms with Crippen LogP contribution in [0.4, 0.5) is 0 Å². The first-order valence-electron chi connectivity index (χ1n) is 4.83. The fourth-order valence-corrected chi connectivity index (χ4v) is 2.69. The summed E-state index contributed by atoms with van der Waals surface area (Å²) in [5.41, 5.74) is 0.651. The molecule has 4 nitrogen and oxygen atoms in total. The van der Waals surface area contributed by atoms with Crippen molar-refractivity contribution in [3.63, 3.8) is 0 Å². The van der Waals surface area contributed by atoms with E-state index in [0.29, 0.717) is 21.1 Å². The molecule has 1 atom stereocenters. The van der Waals surface area contributed by atoms with E-state index in [0.717, 1.165) is 0 Å². The fourth-order valence-electron chi connectivity index (χ4n) is 1.55. The normalized spacial score (nSPS) is 12.9. The van der Waals surface area contributed by atoms with E-state index in [1.165, 1.54) is 0 Å². The molecule has 7 heteroatoms. The second-order valence-electron chi connectivity index (χ2n) is 3.52. The average molecular weight is 337 g/mol. The molecular formula is C10H8BrCl2N3O. The number of Topliss-reactive ketones (excluding diaryl/α,β-unsaturated/α-hetero) is 1. The lowest BCUT2D eigenvalue weighted by Gasteiger charge is -2.07. The van der Waals surface area contributed by atoms with Crippen LogP contribution in [0.5, 0.6) is 0 Å². The Morgan fingerprint density at radius 3 is 3.00 bits per heavy atom. The molecule has 0 N–H and O–H groups in total. The molecule has 0 spiro atoms. The maximum atomic E-state index is 11.6. The summed E-state index contributed by atoms with van der Waals surface area (Å²) in [5.74, 6) is 0.0950. The summed E-state index contributed by atoms with van der Waals surface area (Å²) in [6.45, 7) is 1.76. The topological polar surface area (TPSA) is 47.3 Å². The highest BCUT2D eigenvalue weighted by Gasteiger charge is 2.22. The van der Waals surface area contributed by atoms with Crippen molar-refractivity contribution in [2.75, 3.05) is 5.88 Å². The van der Waals surface area contributed by atoms with Crippen LogP contribution >= 0.6 is 39.1 Å². The van der Waals surface area contributed by atoms with Crippen molar-refractivity contribution >= 4 is 50.4 Å². The first-order chi connectivity index (χ1) is 8.06. The molecule has 2 rings (SSSR count). The van der Waals surface area contributed by atoms with Crippen molar-refractivity contribution in [3.05, 3.63) is 28.0 Å². The number of halogens is 3. The fraction of sp³-hybridized carbons (Fsp3) is 0.300. The molecule has 90 valence electrons. The van der Waals surface area contributed by atoms with Crippen LogP contribution < -0.4 is 0 Å². The zero-order valence-electron chi connectivity index (χ0n) is 8.82. The highest BCUT2D eigenvalue weighted by molar-refractivity contribution is 9.10. The van der Waals surface area contributed by atoms with Crippen LogP contribution in [0.25, 0.3) is 5.52 Å². The third kappa shape index (κ3) is 2.19. The van der Waals surface area contributed by atoms with E-state index in [1.807, 2.05) is 0 Å². The smallest absolute Gasteiger partial charge is 0.157 e. The summed E-state index contributed by atoms with van der Waals surface area (Å²) >= 11 is 14.8. The Morgan fingerprint density at radius 2 is 2.35 bits per heavy atom. The number of hydrogen-bond acceptors (Lipinski definition) is 3. The van der Waals surface area contributed by atoms with Gasteiger partial charge in [0.2, 0.25) is 0 Å². The van der Waals surface area contributed by atoms with Crippen LogP contribution in [-0.2, 0) is 4.79 Å². The van der Waals surface area contributed by atoms with Crippen molar-refractivity contribution in [2.24, 2.45) is 0 Å². The third-order valence-corrected chi connectivity index (χ3v) is 3.59. The van der Waals surface area contributed by atoms with Gasteiger partial charge < -0.3 is 0 Å². The Labute approximate surface area is 116 Å². The van der Waals surface area contributed by atoms with Crippen LogP contribution in [0.3, 0.4) is 0 Å². The molecule has 2 heterocycles. The monoisotopic (exact) mass is 335 g/mol. The van der Waals surface area contributed by atoms with Crippen molar-refractivity contribution in [1.82, 2.24) is 14.4 Å².